The molecule has 4 rings (SSSR count). The van der Waals surface area contributed by atoms with Gasteiger partial charge in [-0.25, -0.2) is 4.98 Å². The van der Waals surface area contributed by atoms with Crippen molar-refractivity contribution in [2.75, 3.05) is 36.6 Å². The van der Waals surface area contributed by atoms with Crippen molar-refractivity contribution in [1.29, 1.82) is 0 Å². The summed E-state index contributed by atoms with van der Waals surface area (Å²) in [6.07, 6.45) is 5.32. The minimum atomic E-state index is 0.617. The number of ether oxygens (including phenoxy) is 1. The second kappa shape index (κ2) is 9.80. The van der Waals surface area contributed by atoms with Gasteiger partial charge in [0, 0.05) is 35.8 Å². The SMILES string of the molecule is C=CC(/C=N/Nc1cc(N2CCOCC2)n2nc(-c3cccc(Cl)c3)cc2n1)=C\C(=C)C. The van der Waals surface area contributed by atoms with E-state index in [-0.39, 0.29) is 0 Å². The number of anilines is 2. The Hall–Kier alpha value is -3.42. The van der Waals surface area contributed by atoms with Crippen LogP contribution in [0.2, 0.25) is 5.02 Å². The molecular weight excluding hydrogens is 424 g/mol. The van der Waals surface area contributed by atoms with Crippen molar-refractivity contribution in [2.24, 2.45) is 5.10 Å². The Morgan fingerprint density at radius 2 is 2.06 bits per heavy atom. The van der Waals surface area contributed by atoms with Crippen molar-refractivity contribution in [3.05, 3.63) is 77.9 Å². The smallest absolute Gasteiger partial charge is 0.160 e. The molecule has 0 radical (unpaired) electrons. The maximum Gasteiger partial charge on any atom is 0.160 e. The van der Waals surface area contributed by atoms with Crippen LogP contribution in [0.5, 0.6) is 0 Å². The van der Waals surface area contributed by atoms with Crippen LogP contribution in [-0.2, 0) is 4.74 Å². The number of morpholine rings is 1. The lowest BCUT2D eigenvalue weighted by Gasteiger charge is -2.29. The molecule has 1 fully saturated rings. The van der Waals surface area contributed by atoms with Crippen LogP contribution in [0.15, 0.2) is 78.0 Å². The lowest BCUT2D eigenvalue weighted by Crippen LogP contribution is -2.37. The standard InChI is InChI=1S/C24H25ClN6O/c1-4-18(12-17(2)3)16-26-28-22-15-24(30-8-10-32-11-9-30)31-23(27-22)14-21(29-31)19-6-5-7-20(25)13-19/h4-7,12-16H,1-2,8-11H2,3H3,(H,27,28)/b18-12+,26-16+. The number of benzene rings is 1. The third-order valence-electron chi connectivity index (χ3n) is 4.91. The van der Waals surface area contributed by atoms with Gasteiger partial charge in [-0.15, -0.1) is 0 Å². The van der Waals surface area contributed by atoms with Crippen molar-refractivity contribution < 1.29 is 4.74 Å². The van der Waals surface area contributed by atoms with E-state index in [0.717, 1.165) is 41.3 Å². The first-order valence-electron chi connectivity index (χ1n) is 10.3. The number of hydrogen-bond donors (Lipinski definition) is 1. The fourth-order valence-corrected chi connectivity index (χ4v) is 3.62. The zero-order chi connectivity index (χ0) is 22.5. The minimum absolute atomic E-state index is 0.617. The van der Waals surface area contributed by atoms with Gasteiger partial charge in [0.1, 0.15) is 5.82 Å². The fraction of sp³-hybridized carbons (Fsp3) is 0.208. The molecule has 164 valence electrons. The van der Waals surface area contributed by atoms with Gasteiger partial charge in [-0.3, -0.25) is 5.43 Å². The summed E-state index contributed by atoms with van der Waals surface area (Å²) >= 11 is 6.18. The summed E-state index contributed by atoms with van der Waals surface area (Å²) in [5.74, 6) is 1.54. The highest BCUT2D eigenvalue weighted by Gasteiger charge is 2.18. The number of rotatable bonds is 7. The van der Waals surface area contributed by atoms with Crippen molar-refractivity contribution in [2.45, 2.75) is 6.92 Å². The van der Waals surface area contributed by atoms with Crippen molar-refractivity contribution in [3.8, 4) is 11.3 Å². The molecule has 0 bridgehead atoms. The summed E-state index contributed by atoms with van der Waals surface area (Å²) in [6.45, 7) is 12.5. The molecule has 0 amide bonds. The van der Waals surface area contributed by atoms with Gasteiger partial charge >= 0.3 is 0 Å². The Balaban J connectivity index is 1.72. The lowest BCUT2D eigenvalue weighted by molar-refractivity contribution is 0.122. The number of nitrogens with one attached hydrogen (secondary N) is 1. The van der Waals surface area contributed by atoms with Gasteiger partial charge in [0.15, 0.2) is 11.5 Å². The molecular formula is C24H25ClN6O. The summed E-state index contributed by atoms with van der Waals surface area (Å²) in [5.41, 5.74) is 7.26. The van der Waals surface area contributed by atoms with E-state index in [4.69, 9.17) is 26.4 Å². The molecule has 7 nitrogen and oxygen atoms in total. The molecule has 3 aromatic rings. The Morgan fingerprint density at radius 3 is 2.78 bits per heavy atom. The van der Waals surface area contributed by atoms with Crippen LogP contribution in [0.1, 0.15) is 6.92 Å². The zero-order valence-corrected chi connectivity index (χ0v) is 18.7. The quantitative estimate of drug-likeness (QED) is 0.314. The first kappa shape index (κ1) is 21.8. The topological polar surface area (TPSA) is 67.0 Å². The summed E-state index contributed by atoms with van der Waals surface area (Å²) in [4.78, 5) is 6.94. The van der Waals surface area contributed by atoms with Gasteiger partial charge in [0.2, 0.25) is 0 Å². The molecule has 0 saturated carbocycles. The number of allylic oxidation sites excluding steroid dienone is 4. The molecule has 32 heavy (non-hydrogen) atoms. The Bertz CT molecular complexity index is 1210. The fourth-order valence-electron chi connectivity index (χ4n) is 3.43. The van der Waals surface area contributed by atoms with E-state index in [2.05, 4.69) is 28.6 Å². The first-order chi connectivity index (χ1) is 15.5. The monoisotopic (exact) mass is 448 g/mol. The summed E-state index contributed by atoms with van der Waals surface area (Å²) in [6, 6.07) is 11.5. The molecule has 1 N–H and O–H groups in total. The van der Waals surface area contributed by atoms with Crippen molar-refractivity contribution in [1.82, 2.24) is 14.6 Å². The van der Waals surface area contributed by atoms with Crippen LogP contribution in [-0.4, -0.2) is 47.1 Å². The predicted molar refractivity (Wildman–Crippen MR) is 132 cm³/mol. The maximum absolute atomic E-state index is 6.18. The molecule has 0 spiro atoms. The number of halogens is 1. The molecule has 1 aromatic carbocycles. The first-order valence-corrected chi connectivity index (χ1v) is 10.7. The average molecular weight is 449 g/mol. The molecule has 3 heterocycles. The van der Waals surface area contributed by atoms with Gasteiger partial charge in [0.05, 0.1) is 25.1 Å². The van der Waals surface area contributed by atoms with E-state index >= 15 is 0 Å². The van der Waals surface area contributed by atoms with Gasteiger partial charge in [0.25, 0.3) is 0 Å². The summed E-state index contributed by atoms with van der Waals surface area (Å²) < 4.78 is 7.38. The molecule has 0 unspecified atom stereocenters. The van der Waals surface area contributed by atoms with Crippen molar-refractivity contribution >= 4 is 35.1 Å². The van der Waals surface area contributed by atoms with Crippen LogP contribution >= 0.6 is 11.6 Å². The van der Waals surface area contributed by atoms with E-state index in [9.17, 15) is 0 Å². The molecule has 1 aliphatic heterocycles. The Labute approximate surface area is 192 Å². The molecule has 0 aliphatic carbocycles. The second-order valence-electron chi connectivity index (χ2n) is 7.47. The third kappa shape index (κ3) is 5.07. The van der Waals surface area contributed by atoms with E-state index in [1.165, 1.54) is 0 Å². The maximum atomic E-state index is 6.18. The lowest BCUT2D eigenvalue weighted by atomic mass is 10.2. The molecule has 1 aliphatic rings. The van der Waals surface area contributed by atoms with Crippen LogP contribution in [0, 0.1) is 0 Å². The zero-order valence-electron chi connectivity index (χ0n) is 18.0. The number of nitrogens with zero attached hydrogens (tertiary/aromatic N) is 5. The number of hydrogen-bond acceptors (Lipinski definition) is 6. The number of fused-ring (bicyclic) bond motifs is 1. The Morgan fingerprint density at radius 1 is 1.25 bits per heavy atom. The Kier molecular flexibility index (Phi) is 6.68. The van der Waals surface area contributed by atoms with Crippen LogP contribution in [0.4, 0.5) is 11.6 Å². The van der Waals surface area contributed by atoms with E-state index < -0.39 is 0 Å². The van der Waals surface area contributed by atoms with E-state index in [1.807, 2.05) is 53.9 Å². The molecule has 0 atom stereocenters. The van der Waals surface area contributed by atoms with E-state index in [0.29, 0.717) is 29.7 Å². The molecule has 1 saturated heterocycles. The summed E-state index contributed by atoms with van der Waals surface area (Å²) in [5, 5.41) is 9.80. The van der Waals surface area contributed by atoms with Gasteiger partial charge in [-0.1, -0.05) is 54.6 Å². The predicted octanol–water partition coefficient (Wildman–Crippen LogP) is 4.97. The molecule has 2 aromatic heterocycles. The largest absolute Gasteiger partial charge is 0.378 e. The van der Waals surface area contributed by atoms with Gasteiger partial charge in [-0.2, -0.15) is 14.7 Å². The van der Waals surface area contributed by atoms with Crippen LogP contribution < -0.4 is 10.3 Å². The minimum Gasteiger partial charge on any atom is -0.378 e. The molecule has 8 heteroatoms. The summed E-state index contributed by atoms with van der Waals surface area (Å²) in [7, 11) is 0. The van der Waals surface area contributed by atoms with Crippen LogP contribution in [0.25, 0.3) is 16.9 Å². The highest BCUT2D eigenvalue weighted by atomic mass is 35.5. The van der Waals surface area contributed by atoms with Crippen LogP contribution in [0.3, 0.4) is 0 Å². The normalized spacial score (nSPS) is 14.8. The van der Waals surface area contributed by atoms with Gasteiger partial charge < -0.3 is 9.64 Å². The van der Waals surface area contributed by atoms with Crippen molar-refractivity contribution in [3.63, 3.8) is 0 Å². The van der Waals surface area contributed by atoms with E-state index in [1.54, 1.807) is 12.3 Å². The highest BCUT2D eigenvalue weighted by molar-refractivity contribution is 6.30. The third-order valence-corrected chi connectivity index (χ3v) is 5.14. The number of hydrazone groups is 1. The highest BCUT2D eigenvalue weighted by Crippen LogP contribution is 2.27. The second-order valence-corrected chi connectivity index (χ2v) is 7.91. The van der Waals surface area contributed by atoms with Gasteiger partial charge in [-0.05, 0) is 24.6 Å². The average Bonchev–Trinajstić information content (AvgIpc) is 3.22. The number of aromatic nitrogens is 3.